The Balaban J connectivity index is 2.75. The zero-order valence-corrected chi connectivity index (χ0v) is 10.5. The molecule has 1 rings (SSSR count). The predicted octanol–water partition coefficient (Wildman–Crippen LogP) is 1.63. The molecule has 0 aliphatic carbocycles. The number of carbonyl (C=O) groups excluding carboxylic acids is 1. The molecule has 0 aromatic carbocycles. The van der Waals surface area contributed by atoms with Crippen LogP contribution in [0.3, 0.4) is 0 Å². The van der Waals surface area contributed by atoms with Crippen LogP contribution in [-0.4, -0.2) is 37.0 Å². The van der Waals surface area contributed by atoms with Gasteiger partial charge in [0.1, 0.15) is 0 Å². The third kappa shape index (κ3) is 2.51. The minimum atomic E-state index is -0.117. The first-order valence-corrected chi connectivity index (χ1v) is 6.01. The van der Waals surface area contributed by atoms with Crippen LogP contribution in [-0.2, 0) is 4.79 Å². The SMILES string of the molecule is CCCC1(C(=O)N(C)C(C)C)CCNC1. The van der Waals surface area contributed by atoms with E-state index in [-0.39, 0.29) is 5.41 Å². The molecule has 3 heteroatoms. The summed E-state index contributed by atoms with van der Waals surface area (Å²) in [5.41, 5.74) is -0.117. The van der Waals surface area contributed by atoms with Crippen molar-refractivity contribution in [1.82, 2.24) is 10.2 Å². The van der Waals surface area contributed by atoms with Crippen molar-refractivity contribution in [3.8, 4) is 0 Å². The molecule has 0 radical (unpaired) electrons. The highest BCUT2D eigenvalue weighted by Crippen LogP contribution is 2.33. The second kappa shape index (κ2) is 4.97. The molecule has 1 heterocycles. The van der Waals surface area contributed by atoms with Gasteiger partial charge in [0.05, 0.1) is 5.41 Å². The van der Waals surface area contributed by atoms with E-state index in [1.807, 2.05) is 11.9 Å². The highest BCUT2D eigenvalue weighted by Gasteiger charge is 2.42. The number of nitrogens with zero attached hydrogens (tertiary/aromatic N) is 1. The van der Waals surface area contributed by atoms with E-state index in [1.165, 1.54) is 0 Å². The van der Waals surface area contributed by atoms with E-state index < -0.39 is 0 Å². The lowest BCUT2D eigenvalue weighted by Crippen LogP contribution is -2.46. The van der Waals surface area contributed by atoms with Gasteiger partial charge in [0.15, 0.2) is 0 Å². The summed E-state index contributed by atoms with van der Waals surface area (Å²) < 4.78 is 0. The van der Waals surface area contributed by atoms with Gasteiger partial charge in [-0.05, 0) is 33.2 Å². The molecule has 88 valence electrons. The summed E-state index contributed by atoms with van der Waals surface area (Å²) in [6.45, 7) is 8.14. The van der Waals surface area contributed by atoms with E-state index in [0.717, 1.165) is 32.4 Å². The molecule has 1 aliphatic heterocycles. The van der Waals surface area contributed by atoms with E-state index in [1.54, 1.807) is 0 Å². The summed E-state index contributed by atoms with van der Waals surface area (Å²) in [6.07, 6.45) is 3.09. The average Bonchev–Trinajstić information content (AvgIpc) is 2.66. The van der Waals surface area contributed by atoms with Gasteiger partial charge in [0.2, 0.25) is 5.91 Å². The molecule has 0 spiro atoms. The first-order chi connectivity index (χ1) is 7.03. The van der Waals surface area contributed by atoms with Crippen molar-refractivity contribution in [3.63, 3.8) is 0 Å². The van der Waals surface area contributed by atoms with Crippen LogP contribution in [0, 0.1) is 5.41 Å². The fraction of sp³-hybridized carbons (Fsp3) is 0.917. The lowest BCUT2D eigenvalue weighted by atomic mass is 9.81. The Kier molecular flexibility index (Phi) is 4.14. The van der Waals surface area contributed by atoms with Crippen LogP contribution in [0.2, 0.25) is 0 Å². The Bertz CT molecular complexity index is 220. The largest absolute Gasteiger partial charge is 0.343 e. The molecule has 0 aromatic heterocycles. The van der Waals surface area contributed by atoms with Crippen molar-refractivity contribution in [1.29, 1.82) is 0 Å². The summed E-state index contributed by atoms with van der Waals surface area (Å²) >= 11 is 0. The summed E-state index contributed by atoms with van der Waals surface area (Å²) in [5, 5.41) is 3.33. The Labute approximate surface area is 93.2 Å². The fourth-order valence-electron chi connectivity index (χ4n) is 2.33. The lowest BCUT2D eigenvalue weighted by Gasteiger charge is -2.33. The standard InChI is InChI=1S/C12H24N2O/c1-5-6-12(7-8-13-9-12)11(15)14(4)10(2)3/h10,13H,5-9H2,1-4H3. The van der Waals surface area contributed by atoms with Crippen LogP contribution in [0.5, 0.6) is 0 Å². The second-order valence-electron chi connectivity index (χ2n) is 4.97. The van der Waals surface area contributed by atoms with Gasteiger partial charge in [-0.15, -0.1) is 0 Å². The normalized spacial score (nSPS) is 25.9. The molecule has 15 heavy (non-hydrogen) atoms. The highest BCUT2D eigenvalue weighted by molar-refractivity contribution is 5.83. The van der Waals surface area contributed by atoms with Crippen molar-refractivity contribution >= 4 is 5.91 Å². The molecule has 0 saturated carbocycles. The fourth-order valence-corrected chi connectivity index (χ4v) is 2.33. The van der Waals surface area contributed by atoms with Crippen molar-refractivity contribution < 1.29 is 4.79 Å². The van der Waals surface area contributed by atoms with Crippen LogP contribution >= 0.6 is 0 Å². The molecule has 3 nitrogen and oxygen atoms in total. The molecular weight excluding hydrogens is 188 g/mol. The van der Waals surface area contributed by atoms with E-state index >= 15 is 0 Å². The Morgan fingerprint density at radius 3 is 2.60 bits per heavy atom. The number of nitrogens with one attached hydrogen (secondary N) is 1. The van der Waals surface area contributed by atoms with Gasteiger partial charge in [-0.3, -0.25) is 4.79 Å². The monoisotopic (exact) mass is 212 g/mol. The average molecular weight is 212 g/mol. The maximum absolute atomic E-state index is 12.4. The molecule has 1 N–H and O–H groups in total. The molecule has 1 aliphatic rings. The van der Waals surface area contributed by atoms with Gasteiger partial charge in [0, 0.05) is 19.6 Å². The summed E-state index contributed by atoms with van der Waals surface area (Å²) in [4.78, 5) is 14.3. The van der Waals surface area contributed by atoms with Gasteiger partial charge in [0.25, 0.3) is 0 Å². The maximum atomic E-state index is 12.4. The number of hydrogen-bond donors (Lipinski definition) is 1. The van der Waals surface area contributed by atoms with Gasteiger partial charge in [-0.2, -0.15) is 0 Å². The first-order valence-electron chi connectivity index (χ1n) is 6.01. The zero-order chi connectivity index (χ0) is 11.5. The molecular formula is C12H24N2O. The number of amides is 1. The smallest absolute Gasteiger partial charge is 0.230 e. The van der Waals surface area contributed by atoms with Crippen LogP contribution in [0.25, 0.3) is 0 Å². The van der Waals surface area contributed by atoms with E-state index in [0.29, 0.717) is 11.9 Å². The van der Waals surface area contributed by atoms with Crippen LogP contribution in [0.1, 0.15) is 40.0 Å². The summed E-state index contributed by atoms with van der Waals surface area (Å²) in [7, 11) is 1.92. The molecule has 1 atom stereocenters. The van der Waals surface area contributed by atoms with Crippen molar-refractivity contribution in [2.24, 2.45) is 5.41 Å². The predicted molar refractivity (Wildman–Crippen MR) is 62.7 cm³/mol. The minimum absolute atomic E-state index is 0.117. The molecule has 1 fully saturated rings. The highest BCUT2D eigenvalue weighted by atomic mass is 16.2. The number of rotatable bonds is 4. The van der Waals surface area contributed by atoms with E-state index in [9.17, 15) is 4.79 Å². The van der Waals surface area contributed by atoms with Crippen LogP contribution in [0.4, 0.5) is 0 Å². The van der Waals surface area contributed by atoms with Gasteiger partial charge in [-0.25, -0.2) is 0 Å². The van der Waals surface area contributed by atoms with Gasteiger partial charge < -0.3 is 10.2 Å². The molecule has 1 saturated heterocycles. The van der Waals surface area contributed by atoms with Gasteiger partial charge in [-0.1, -0.05) is 13.3 Å². The topological polar surface area (TPSA) is 32.3 Å². The molecule has 1 unspecified atom stereocenters. The van der Waals surface area contributed by atoms with E-state index in [4.69, 9.17) is 0 Å². The Morgan fingerprint density at radius 2 is 2.20 bits per heavy atom. The summed E-state index contributed by atoms with van der Waals surface area (Å²) in [6, 6.07) is 0.298. The van der Waals surface area contributed by atoms with Crippen molar-refractivity contribution in [2.75, 3.05) is 20.1 Å². The van der Waals surface area contributed by atoms with Crippen LogP contribution in [0.15, 0.2) is 0 Å². The Hall–Kier alpha value is -0.570. The van der Waals surface area contributed by atoms with Gasteiger partial charge >= 0.3 is 0 Å². The van der Waals surface area contributed by atoms with Crippen molar-refractivity contribution in [3.05, 3.63) is 0 Å². The second-order valence-corrected chi connectivity index (χ2v) is 4.97. The number of hydrogen-bond acceptors (Lipinski definition) is 2. The third-order valence-corrected chi connectivity index (χ3v) is 3.52. The maximum Gasteiger partial charge on any atom is 0.230 e. The quantitative estimate of drug-likeness (QED) is 0.768. The number of carbonyl (C=O) groups is 1. The Morgan fingerprint density at radius 1 is 1.53 bits per heavy atom. The third-order valence-electron chi connectivity index (χ3n) is 3.52. The van der Waals surface area contributed by atoms with Crippen molar-refractivity contribution in [2.45, 2.75) is 46.1 Å². The zero-order valence-electron chi connectivity index (χ0n) is 10.5. The first kappa shape index (κ1) is 12.5. The summed E-state index contributed by atoms with van der Waals surface area (Å²) in [5.74, 6) is 0.323. The molecule has 0 aromatic rings. The molecule has 1 amide bonds. The molecule has 0 bridgehead atoms. The minimum Gasteiger partial charge on any atom is -0.343 e. The van der Waals surface area contributed by atoms with Crippen LogP contribution < -0.4 is 5.32 Å². The lowest BCUT2D eigenvalue weighted by molar-refractivity contribution is -0.141. The van der Waals surface area contributed by atoms with E-state index in [2.05, 4.69) is 26.1 Å².